The fourth-order valence-corrected chi connectivity index (χ4v) is 2.73. The van der Waals surface area contributed by atoms with E-state index < -0.39 is 24.5 Å². The van der Waals surface area contributed by atoms with Crippen LogP contribution in [-0.2, 0) is 19.3 Å². The topological polar surface area (TPSA) is 96.9 Å². The Labute approximate surface area is 124 Å². The molecule has 2 fully saturated rings. The van der Waals surface area contributed by atoms with Crippen LogP contribution in [0, 0.1) is 0 Å². The van der Waals surface area contributed by atoms with Gasteiger partial charge < -0.3 is 14.8 Å². The molecule has 2 aliphatic rings. The molecule has 2 rings (SSSR count). The van der Waals surface area contributed by atoms with Gasteiger partial charge in [0.2, 0.25) is 0 Å². The van der Waals surface area contributed by atoms with Gasteiger partial charge in [-0.2, -0.15) is 5.48 Å². The van der Waals surface area contributed by atoms with Crippen molar-refractivity contribution < 1.29 is 24.4 Å². The Morgan fingerprint density at radius 3 is 1.95 bits per heavy atom. The Morgan fingerprint density at radius 2 is 1.43 bits per heavy atom. The number of hydroxylamine groups is 2. The van der Waals surface area contributed by atoms with E-state index >= 15 is 0 Å². The van der Waals surface area contributed by atoms with Crippen molar-refractivity contribution in [3.05, 3.63) is 0 Å². The van der Waals surface area contributed by atoms with Crippen molar-refractivity contribution in [2.75, 3.05) is 0 Å². The molecule has 7 heteroatoms. The number of carbonyl (C=O) groups is 2. The van der Waals surface area contributed by atoms with Crippen LogP contribution in [0.25, 0.3) is 0 Å². The minimum Gasteiger partial charge on any atom is -0.381 e. The highest BCUT2D eigenvalue weighted by Gasteiger charge is 2.25. The fraction of sp³-hybridized carbons (Fsp3) is 0.857. The molecule has 3 N–H and O–H groups in total. The number of nitrogens with one attached hydrogen (secondary N) is 2. The van der Waals surface area contributed by atoms with Crippen molar-refractivity contribution in [3.8, 4) is 0 Å². The monoisotopic (exact) mass is 300 g/mol. The van der Waals surface area contributed by atoms with Crippen LogP contribution in [0.1, 0.15) is 57.8 Å². The first kappa shape index (κ1) is 16.2. The Morgan fingerprint density at radius 1 is 0.952 bits per heavy atom. The molecule has 0 aliphatic heterocycles. The van der Waals surface area contributed by atoms with E-state index in [4.69, 9.17) is 9.68 Å². The number of hydrogen-bond acceptors (Lipinski definition) is 7. The molecule has 120 valence electrons. The molecule has 2 saturated carbocycles. The van der Waals surface area contributed by atoms with Gasteiger partial charge in [0.25, 0.3) is 0 Å². The number of aliphatic hydroxyl groups is 1. The second-order valence-electron chi connectivity index (χ2n) is 5.81. The van der Waals surface area contributed by atoms with Gasteiger partial charge in [-0.3, -0.25) is 4.79 Å². The van der Waals surface area contributed by atoms with Gasteiger partial charge in [-0.05, 0) is 25.7 Å². The van der Waals surface area contributed by atoms with Crippen molar-refractivity contribution in [3.63, 3.8) is 0 Å². The van der Waals surface area contributed by atoms with E-state index in [1.165, 1.54) is 0 Å². The van der Waals surface area contributed by atoms with Crippen LogP contribution >= 0.6 is 0 Å². The van der Waals surface area contributed by atoms with E-state index in [1.54, 1.807) is 0 Å². The third-order valence-electron chi connectivity index (χ3n) is 4.01. The van der Waals surface area contributed by atoms with E-state index in [2.05, 4.69) is 11.0 Å². The summed E-state index contributed by atoms with van der Waals surface area (Å²) in [4.78, 5) is 32.7. The predicted molar refractivity (Wildman–Crippen MR) is 73.6 cm³/mol. The van der Waals surface area contributed by atoms with Crippen LogP contribution in [-0.4, -0.2) is 35.2 Å². The molecule has 0 radical (unpaired) electrons. The number of rotatable bonds is 7. The van der Waals surface area contributed by atoms with Crippen molar-refractivity contribution in [2.24, 2.45) is 0 Å². The molecule has 0 bridgehead atoms. The van der Waals surface area contributed by atoms with E-state index in [0.29, 0.717) is 0 Å². The third kappa shape index (κ3) is 5.61. The van der Waals surface area contributed by atoms with Gasteiger partial charge >= 0.3 is 11.9 Å². The lowest BCUT2D eigenvalue weighted by molar-refractivity contribution is -0.170. The quantitative estimate of drug-likeness (QED) is 0.596. The largest absolute Gasteiger partial charge is 0.381 e. The summed E-state index contributed by atoms with van der Waals surface area (Å²) < 4.78 is 0. The lowest BCUT2D eigenvalue weighted by Crippen LogP contribution is -2.37. The summed E-state index contributed by atoms with van der Waals surface area (Å²) in [5, 5.41) is 9.61. The molecule has 1 unspecified atom stereocenters. The lowest BCUT2D eigenvalue weighted by Gasteiger charge is -2.15. The first-order chi connectivity index (χ1) is 10.1. The summed E-state index contributed by atoms with van der Waals surface area (Å²) in [7, 11) is 0. The van der Waals surface area contributed by atoms with Gasteiger partial charge in [-0.25, -0.2) is 4.79 Å². The zero-order valence-electron chi connectivity index (χ0n) is 12.2. The number of hydrogen-bond donors (Lipinski definition) is 3. The average molecular weight is 300 g/mol. The normalized spacial score (nSPS) is 21.4. The standard InChI is InChI=1S/C14H24N2O5/c17-12(14(19)21-16-11-7-3-4-8-11)9-13(18)20-15-10-5-1-2-6-10/h10-12,15-17H,1-9H2. The average Bonchev–Trinajstić information content (AvgIpc) is 3.15. The predicted octanol–water partition coefficient (Wildman–Crippen LogP) is 0.718. The molecule has 2 aliphatic carbocycles. The van der Waals surface area contributed by atoms with E-state index in [-0.39, 0.29) is 12.1 Å². The second kappa shape index (κ2) is 8.31. The van der Waals surface area contributed by atoms with Crippen LogP contribution in [0.4, 0.5) is 0 Å². The van der Waals surface area contributed by atoms with E-state index in [1.807, 2.05) is 0 Å². The van der Waals surface area contributed by atoms with Crippen LogP contribution in [0.15, 0.2) is 0 Å². The Kier molecular flexibility index (Phi) is 6.41. The van der Waals surface area contributed by atoms with Gasteiger partial charge in [0.05, 0.1) is 6.42 Å². The van der Waals surface area contributed by atoms with Crippen molar-refractivity contribution in [2.45, 2.75) is 76.0 Å². The van der Waals surface area contributed by atoms with Crippen LogP contribution in [0.2, 0.25) is 0 Å². The Hall–Kier alpha value is -1.18. The van der Waals surface area contributed by atoms with Gasteiger partial charge in [-0.1, -0.05) is 25.7 Å². The van der Waals surface area contributed by atoms with E-state index in [9.17, 15) is 14.7 Å². The number of carbonyl (C=O) groups excluding carboxylic acids is 2. The first-order valence-electron chi connectivity index (χ1n) is 7.74. The maximum atomic E-state index is 11.5. The maximum absolute atomic E-state index is 11.5. The first-order valence-corrected chi connectivity index (χ1v) is 7.74. The summed E-state index contributed by atoms with van der Waals surface area (Å²) in [6.45, 7) is 0. The minimum atomic E-state index is -1.50. The molecule has 7 nitrogen and oxygen atoms in total. The smallest absolute Gasteiger partial charge is 0.354 e. The molecule has 0 aromatic carbocycles. The summed E-state index contributed by atoms with van der Waals surface area (Å²) in [5.41, 5.74) is 5.31. The molecule has 21 heavy (non-hydrogen) atoms. The summed E-state index contributed by atoms with van der Waals surface area (Å²) >= 11 is 0. The molecular weight excluding hydrogens is 276 g/mol. The molecule has 0 saturated heterocycles. The van der Waals surface area contributed by atoms with Gasteiger partial charge in [-0.15, -0.1) is 5.48 Å². The SMILES string of the molecule is O=C(CC(O)C(=O)ONC1CCCC1)ONC1CCCC1. The van der Waals surface area contributed by atoms with Gasteiger partial charge in [0.15, 0.2) is 6.10 Å². The van der Waals surface area contributed by atoms with Crippen LogP contribution < -0.4 is 11.0 Å². The van der Waals surface area contributed by atoms with Gasteiger partial charge in [0.1, 0.15) is 0 Å². The third-order valence-corrected chi connectivity index (χ3v) is 4.01. The Balaban J connectivity index is 1.58. The van der Waals surface area contributed by atoms with Crippen molar-refractivity contribution >= 4 is 11.9 Å². The molecule has 0 spiro atoms. The summed E-state index contributed by atoms with van der Waals surface area (Å²) in [6.07, 6.45) is 6.41. The van der Waals surface area contributed by atoms with Crippen molar-refractivity contribution in [1.29, 1.82) is 0 Å². The number of aliphatic hydroxyl groups excluding tert-OH is 1. The van der Waals surface area contributed by atoms with Crippen molar-refractivity contribution in [1.82, 2.24) is 11.0 Å². The van der Waals surface area contributed by atoms with Gasteiger partial charge in [0, 0.05) is 12.1 Å². The van der Waals surface area contributed by atoms with E-state index in [0.717, 1.165) is 51.4 Å². The maximum Gasteiger partial charge on any atom is 0.354 e. The highest BCUT2D eigenvalue weighted by Crippen LogP contribution is 2.18. The minimum absolute atomic E-state index is 0.150. The Bertz CT molecular complexity index is 351. The molecule has 0 amide bonds. The molecule has 0 aromatic heterocycles. The highest BCUT2D eigenvalue weighted by atomic mass is 16.7. The van der Waals surface area contributed by atoms with Crippen LogP contribution in [0.3, 0.4) is 0 Å². The summed E-state index contributed by atoms with van der Waals surface area (Å²) in [5.74, 6) is -1.51. The molecule has 0 heterocycles. The molecule has 0 aromatic rings. The fourth-order valence-electron chi connectivity index (χ4n) is 2.73. The zero-order valence-corrected chi connectivity index (χ0v) is 12.2. The zero-order chi connectivity index (χ0) is 15.1. The highest BCUT2D eigenvalue weighted by molar-refractivity contribution is 5.81. The second-order valence-corrected chi connectivity index (χ2v) is 5.81. The molecule has 1 atom stereocenters. The molecular formula is C14H24N2O5. The lowest BCUT2D eigenvalue weighted by atomic mass is 10.2. The van der Waals surface area contributed by atoms with Crippen LogP contribution in [0.5, 0.6) is 0 Å². The summed E-state index contributed by atoms with van der Waals surface area (Å²) in [6, 6.07) is 0.333.